The van der Waals surface area contributed by atoms with Gasteiger partial charge >= 0.3 is 0 Å². The molecule has 0 aliphatic carbocycles. The average Bonchev–Trinajstić information content (AvgIpc) is 3.44. The number of hydrogen-bond acceptors (Lipinski definition) is 6. The number of rotatable bonds is 6. The van der Waals surface area contributed by atoms with Gasteiger partial charge in [-0.2, -0.15) is 0 Å². The van der Waals surface area contributed by atoms with Gasteiger partial charge in [-0.3, -0.25) is 14.5 Å². The number of imidazole rings is 1. The van der Waals surface area contributed by atoms with E-state index < -0.39 is 6.04 Å². The topological polar surface area (TPSA) is 88.4 Å². The van der Waals surface area contributed by atoms with E-state index in [0.717, 1.165) is 49.8 Å². The lowest BCUT2D eigenvalue weighted by atomic mass is 10.0. The lowest BCUT2D eigenvalue weighted by Crippen LogP contribution is -2.49. The number of aromatic nitrogens is 2. The molecular formula is C27H29N5O4. The monoisotopic (exact) mass is 487 g/mol. The van der Waals surface area contributed by atoms with Crippen molar-refractivity contribution < 1.29 is 19.1 Å². The Morgan fingerprint density at radius 3 is 2.83 bits per heavy atom. The summed E-state index contributed by atoms with van der Waals surface area (Å²) in [4.78, 5) is 34.3. The molecular weight excluding hydrogens is 458 g/mol. The van der Waals surface area contributed by atoms with Crippen molar-refractivity contribution in [2.45, 2.75) is 38.6 Å². The number of amides is 2. The molecule has 6 rings (SSSR count). The number of carbonyl (C=O) groups excluding carboxylic acids is 2. The third-order valence-corrected chi connectivity index (χ3v) is 7.10. The van der Waals surface area contributed by atoms with Gasteiger partial charge in [-0.25, -0.2) is 4.98 Å². The molecule has 3 aromatic rings. The smallest absolute Gasteiger partial charge is 0.255 e. The van der Waals surface area contributed by atoms with Gasteiger partial charge in [0.25, 0.3) is 5.91 Å². The molecule has 36 heavy (non-hydrogen) atoms. The van der Waals surface area contributed by atoms with E-state index in [9.17, 15) is 9.59 Å². The van der Waals surface area contributed by atoms with Crippen molar-refractivity contribution in [1.82, 2.24) is 24.5 Å². The summed E-state index contributed by atoms with van der Waals surface area (Å²) in [6.45, 7) is 8.81. The van der Waals surface area contributed by atoms with Crippen LogP contribution in [0, 0.1) is 0 Å². The summed E-state index contributed by atoms with van der Waals surface area (Å²) in [6, 6.07) is 9.14. The second-order valence-electron chi connectivity index (χ2n) is 9.57. The maximum Gasteiger partial charge on any atom is 0.255 e. The highest BCUT2D eigenvalue weighted by atomic mass is 16.5. The molecule has 2 fully saturated rings. The van der Waals surface area contributed by atoms with E-state index in [0.29, 0.717) is 36.4 Å². The first-order valence-electron chi connectivity index (χ1n) is 12.4. The van der Waals surface area contributed by atoms with Gasteiger partial charge in [0, 0.05) is 48.9 Å². The Kier molecular flexibility index (Phi) is 5.94. The molecule has 1 atom stereocenters. The quantitative estimate of drug-likeness (QED) is 0.575. The molecule has 2 amide bonds. The highest BCUT2D eigenvalue weighted by Crippen LogP contribution is 2.34. The van der Waals surface area contributed by atoms with Crippen LogP contribution < -0.4 is 10.1 Å². The number of nitrogens with zero attached hydrogens (tertiary/aromatic N) is 4. The zero-order valence-corrected chi connectivity index (χ0v) is 20.1. The standard InChI is InChI=1S/C27H29N5O4/c1-18-5-7-23(26(33)28-18)32-16-22-21(27(32)34)3-2-4-24(22)36-17-20-15-31-14-19(6-8-25(31)29-20)13-30-9-11-35-12-10-30/h2-4,6,8,14-15,23H,1,5,7,9-13,16-17H2,(H,28,33). The molecule has 0 bridgehead atoms. The van der Waals surface area contributed by atoms with Crippen molar-refractivity contribution in [3.8, 4) is 5.75 Å². The van der Waals surface area contributed by atoms with Crippen molar-refractivity contribution >= 4 is 17.5 Å². The van der Waals surface area contributed by atoms with E-state index in [-0.39, 0.29) is 18.4 Å². The minimum absolute atomic E-state index is 0.136. The molecule has 3 aliphatic rings. The molecule has 186 valence electrons. The number of nitrogens with one attached hydrogen (secondary N) is 1. The van der Waals surface area contributed by atoms with Crippen molar-refractivity contribution in [2.75, 3.05) is 26.3 Å². The number of morpholine rings is 1. The van der Waals surface area contributed by atoms with Crippen LogP contribution in [0.25, 0.3) is 5.65 Å². The summed E-state index contributed by atoms with van der Waals surface area (Å²) < 4.78 is 13.6. The Morgan fingerprint density at radius 2 is 2.00 bits per heavy atom. The van der Waals surface area contributed by atoms with Crippen LogP contribution in [-0.4, -0.2) is 63.3 Å². The zero-order chi connectivity index (χ0) is 24.6. The summed E-state index contributed by atoms with van der Waals surface area (Å²) in [5.41, 5.74) is 5.00. The molecule has 1 unspecified atom stereocenters. The molecule has 9 heteroatoms. The number of hydrogen-bond donors (Lipinski definition) is 1. The Morgan fingerprint density at radius 1 is 1.14 bits per heavy atom. The van der Waals surface area contributed by atoms with Gasteiger partial charge in [0.15, 0.2) is 0 Å². The highest BCUT2D eigenvalue weighted by Gasteiger charge is 2.39. The van der Waals surface area contributed by atoms with E-state index >= 15 is 0 Å². The fraction of sp³-hybridized carbons (Fsp3) is 0.370. The van der Waals surface area contributed by atoms with Crippen molar-refractivity contribution in [3.63, 3.8) is 0 Å². The molecule has 2 aromatic heterocycles. The Balaban J connectivity index is 1.15. The first-order valence-corrected chi connectivity index (χ1v) is 12.4. The van der Waals surface area contributed by atoms with Gasteiger partial charge in [-0.1, -0.05) is 18.7 Å². The number of ether oxygens (including phenoxy) is 2. The van der Waals surface area contributed by atoms with E-state index in [4.69, 9.17) is 14.5 Å². The summed E-state index contributed by atoms with van der Waals surface area (Å²) in [6.07, 6.45) is 5.34. The fourth-order valence-electron chi connectivity index (χ4n) is 5.20. The minimum atomic E-state index is -0.492. The zero-order valence-electron chi connectivity index (χ0n) is 20.1. The molecule has 5 heterocycles. The number of pyridine rings is 1. The van der Waals surface area contributed by atoms with Crippen LogP contribution in [0.3, 0.4) is 0 Å². The van der Waals surface area contributed by atoms with Gasteiger partial charge in [0.1, 0.15) is 24.0 Å². The number of fused-ring (bicyclic) bond motifs is 2. The lowest BCUT2D eigenvalue weighted by molar-refractivity contribution is -0.126. The van der Waals surface area contributed by atoms with Crippen LogP contribution >= 0.6 is 0 Å². The van der Waals surface area contributed by atoms with Crippen molar-refractivity contribution in [1.29, 1.82) is 0 Å². The SMILES string of the molecule is C=C1CCC(N2Cc3c(OCc4cn5cc(CN6CCOCC6)ccc5n4)cccc3C2=O)C(=O)N1. The summed E-state index contributed by atoms with van der Waals surface area (Å²) in [5, 5.41) is 2.78. The first kappa shape index (κ1) is 22.8. The Hall–Kier alpha value is -3.69. The molecule has 1 aromatic carbocycles. The summed E-state index contributed by atoms with van der Waals surface area (Å²) in [7, 11) is 0. The first-order chi connectivity index (χ1) is 17.5. The normalized spacial score (nSPS) is 20.6. The predicted molar refractivity (Wildman–Crippen MR) is 132 cm³/mol. The lowest BCUT2D eigenvalue weighted by Gasteiger charge is -2.31. The summed E-state index contributed by atoms with van der Waals surface area (Å²) in [5.74, 6) is 0.338. The number of benzene rings is 1. The molecule has 1 N–H and O–H groups in total. The highest BCUT2D eigenvalue weighted by molar-refractivity contribution is 6.02. The van der Waals surface area contributed by atoms with E-state index in [1.165, 1.54) is 5.56 Å². The Labute approximate surface area is 209 Å². The van der Waals surface area contributed by atoms with Gasteiger partial charge in [0.2, 0.25) is 5.91 Å². The van der Waals surface area contributed by atoms with Crippen LogP contribution in [0.1, 0.15) is 40.0 Å². The van der Waals surface area contributed by atoms with Crippen LogP contribution in [0.5, 0.6) is 5.75 Å². The number of piperidine rings is 1. The maximum absolute atomic E-state index is 13.1. The van der Waals surface area contributed by atoms with E-state index in [1.54, 1.807) is 11.0 Å². The van der Waals surface area contributed by atoms with Gasteiger partial charge < -0.3 is 24.1 Å². The second kappa shape index (κ2) is 9.40. The van der Waals surface area contributed by atoms with Crippen LogP contribution in [0.4, 0.5) is 0 Å². The number of allylic oxidation sites excluding steroid dienone is 1. The molecule has 0 radical (unpaired) electrons. The molecule has 2 saturated heterocycles. The van der Waals surface area contributed by atoms with E-state index in [1.807, 2.05) is 28.8 Å². The molecule has 9 nitrogen and oxygen atoms in total. The third-order valence-electron chi connectivity index (χ3n) is 7.10. The van der Waals surface area contributed by atoms with Crippen molar-refractivity contribution in [2.24, 2.45) is 0 Å². The van der Waals surface area contributed by atoms with Gasteiger partial charge in [0.05, 0.1) is 25.5 Å². The van der Waals surface area contributed by atoms with Gasteiger partial charge in [-0.05, 0) is 36.6 Å². The summed E-state index contributed by atoms with van der Waals surface area (Å²) >= 11 is 0. The van der Waals surface area contributed by atoms with Crippen LogP contribution in [-0.2, 0) is 29.2 Å². The molecule has 3 aliphatic heterocycles. The molecule has 0 spiro atoms. The molecule has 0 saturated carbocycles. The van der Waals surface area contributed by atoms with E-state index in [2.05, 4.69) is 29.1 Å². The van der Waals surface area contributed by atoms with Crippen molar-refractivity contribution in [3.05, 3.63) is 77.4 Å². The van der Waals surface area contributed by atoms with Crippen LogP contribution in [0.15, 0.2) is 55.0 Å². The third kappa shape index (κ3) is 4.36. The minimum Gasteiger partial charge on any atom is -0.487 e. The maximum atomic E-state index is 13.1. The average molecular weight is 488 g/mol. The predicted octanol–water partition coefficient (Wildman–Crippen LogP) is 2.49. The van der Waals surface area contributed by atoms with Crippen LogP contribution in [0.2, 0.25) is 0 Å². The Bertz CT molecular complexity index is 1340. The largest absolute Gasteiger partial charge is 0.487 e. The number of carbonyl (C=O) groups is 2. The second-order valence-corrected chi connectivity index (χ2v) is 9.57. The van der Waals surface area contributed by atoms with Gasteiger partial charge in [-0.15, -0.1) is 0 Å². The fourth-order valence-corrected chi connectivity index (χ4v) is 5.20.